The Hall–Kier alpha value is -1.40. The second-order valence-electron chi connectivity index (χ2n) is 16.5. The van der Waals surface area contributed by atoms with Crippen molar-refractivity contribution in [2.24, 2.45) is 5.73 Å². The third-order valence-corrected chi connectivity index (χ3v) is 11.1. The van der Waals surface area contributed by atoms with Crippen LogP contribution in [-0.4, -0.2) is 42.8 Å². The molecule has 0 bridgehead atoms. The van der Waals surface area contributed by atoms with Gasteiger partial charge >= 0.3 is 11.9 Å². The van der Waals surface area contributed by atoms with Crippen LogP contribution < -0.4 is 11.1 Å². The van der Waals surface area contributed by atoms with Crippen LogP contribution in [0, 0.1) is 0 Å². The summed E-state index contributed by atoms with van der Waals surface area (Å²) in [6.45, 7) is 4.73. The van der Waals surface area contributed by atoms with E-state index >= 15 is 0 Å². The van der Waals surface area contributed by atoms with Crippen molar-refractivity contribution >= 4 is 11.9 Å². The number of carboxylic acid groups (broad SMARTS) is 1. The van der Waals surface area contributed by atoms with Crippen LogP contribution in [0.2, 0.25) is 0 Å². The number of esters is 1. The Kier molecular flexibility index (Phi) is 44.8. The highest BCUT2D eigenvalue weighted by molar-refractivity contribution is 5.69. The lowest BCUT2D eigenvalue weighted by Crippen LogP contribution is -2.36. The van der Waals surface area contributed by atoms with E-state index in [1.807, 2.05) is 0 Å². The number of hydrogen-bond acceptors (Lipinski definition) is 5. The van der Waals surface area contributed by atoms with Crippen LogP contribution in [0.15, 0.2) is 12.2 Å². The van der Waals surface area contributed by atoms with Gasteiger partial charge in [0.2, 0.25) is 0 Å². The number of ether oxygens (including phenoxy) is 1. The average molecular weight is 763 g/mol. The first-order valence-corrected chi connectivity index (χ1v) is 24.1. The van der Waals surface area contributed by atoms with Gasteiger partial charge in [-0.2, -0.15) is 0 Å². The standard InChI is InChI=1S/C48H94N2O4/c1-2-3-4-5-6-7-8-9-10-11-12-19-24-29-34-39-44-54-48(53)42-37-32-27-22-17-14-18-23-28-33-38-43-50-46(45-49)40-35-30-25-20-15-13-16-21-26-31-36-41-47(51)52/h9-10,46,50H,2-8,11-45,49H2,1H3,(H,51,52). The lowest BCUT2D eigenvalue weighted by Gasteiger charge is -2.16. The molecule has 0 aromatic rings. The van der Waals surface area contributed by atoms with Crippen molar-refractivity contribution in [3.8, 4) is 0 Å². The Morgan fingerprint density at radius 2 is 0.907 bits per heavy atom. The molecule has 0 radical (unpaired) electrons. The van der Waals surface area contributed by atoms with Crippen molar-refractivity contribution in [3.05, 3.63) is 12.2 Å². The van der Waals surface area contributed by atoms with Crippen molar-refractivity contribution in [2.75, 3.05) is 19.7 Å². The molecular weight excluding hydrogens is 669 g/mol. The Morgan fingerprint density at radius 1 is 0.519 bits per heavy atom. The molecule has 0 saturated heterocycles. The highest BCUT2D eigenvalue weighted by Crippen LogP contribution is 2.15. The first-order chi connectivity index (χ1) is 26.6. The molecule has 4 N–H and O–H groups in total. The molecule has 0 saturated carbocycles. The summed E-state index contributed by atoms with van der Waals surface area (Å²) in [5, 5.41) is 12.4. The predicted molar refractivity (Wildman–Crippen MR) is 234 cm³/mol. The van der Waals surface area contributed by atoms with Crippen molar-refractivity contribution in [3.63, 3.8) is 0 Å². The molecule has 0 aliphatic rings. The van der Waals surface area contributed by atoms with E-state index in [4.69, 9.17) is 15.6 Å². The maximum absolute atomic E-state index is 12.0. The Morgan fingerprint density at radius 3 is 1.37 bits per heavy atom. The number of nitrogens with one attached hydrogen (secondary N) is 1. The minimum Gasteiger partial charge on any atom is -0.481 e. The third-order valence-electron chi connectivity index (χ3n) is 11.1. The van der Waals surface area contributed by atoms with Gasteiger partial charge in [-0.05, 0) is 64.3 Å². The van der Waals surface area contributed by atoms with Gasteiger partial charge in [0, 0.05) is 25.4 Å². The molecule has 0 rings (SSSR count). The van der Waals surface area contributed by atoms with Crippen molar-refractivity contribution < 1.29 is 19.4 Å². The summed E-state index contributed by atoms with van der Waals surface area (Å²) in [4.78, 5) is 22.6. The zero-order valence-corrected chi connectivity index (χ0v) is 36.2. The molecule has 0 aliphatic heterocycles. The SMILES string of the molecule is CCCCCCCCC=CCCCCCCCCOC(=O)CCCCCCCCCCCCCNC(CN)CCCCCCCCCCCCCC(=O)O. The monoisotopic (exact) mass is 763 g/mol. The predicted octanol–water partition coefficient (Wildman–Crippen LogP) is 14.3. The van der Waals surface area contributed by atoms with Crippen LogP contribution in [0.4, 0.5) is 0 Å². The number of carbonyl (C=O) groups is 2. The number of aliphatic carboxylic acids is 1. The zero-order chi connectivity index (χ0) is 39.3. The number of rotatable bonds is 46. The highest BCUT2D eigenvalue weighted by atomic mass is 16.5. The van der Waals surface area contributed by atoms with Gasteiger partial charge in [0.25, 0.3) is 0 Å². The third kappa shape index (κ3) is 45.0. The van der Waals surface area contributed by atoms with Crippen LogP contribution in [0.5, 0.6) is 0 Å². The maximum Gasteiger partial charge on any atom is 0.305 e. The normalized spacial score (nSPS) is 12.2. The molecule has 0 spiro atoms. The summed E-state index contributed by atoms with van der Waals surface area (Å²) < 4.78 is 5.47. The first-order valence-electron chi connectivity index (χ1n) is 24.1. The van der Waals surface area contributed by atoms with Crippen molar-refractivity contribution in [2.45, 2.75) is 263 Å². The van der Waals surface area contributed by atoms with Crippen LogP contribution in [0.1, 0.15) is 257 Å². The molecule has 54 heavy (non-hydrogen) atoms. The molecule has 6 heteroatoms. The molecule has 6 nitrogen and oxygen atoms in total. The number of carbonyl (C=O) groups excluding carboxylic acids is 1. The molecule has 0 aliphatic carbocycles. The lowest BCUT2D eigenvalue weighted by molar-refractivity contribution is -0.144. The Bertz CT molecular complexity index is 789. The van der Waals surface area contributed by atoms with E-state index in [9.17, 15) is 9.59 Å². The quantitative estimate of drug-likeness (QED) is 0.0324. The molecule has 0 fully saturated rings. The summed E-state index contributed by atoms with van der Waals surface area (Å²) in [5.41, 5.74) is 6.04. The Labute approximate surface area is 336 Å². The molecule has 0 aromatic heterocycles. The molecule has 1 unspecified atom stereocenters. The number of allylic oxidation sites excluding steroid dienone is 2. The van der Waals surface area contributed by atoms with E-state index < -0.39 is 5.97 Å². The summed E-state index contributed by atoms with van der Waals surface area (Å²) in [7, 11) is 0. The zero-order valence-electron chi connectivity index (χ0n) is 36.2. The summed E-state index contributed by atoms with van der Waals surface area (Å²) in [6.07, 6.45) is 52.7. The van der Waals surface area contributed by atoms with Gasteiger partial charge in [-0.25, -0.2) is 0 Å². The van der Waals surface area contributed by atoms with Gasteiger partial charge in [0.1, 0.15) is 0 Å². The van der Waals surface area contributed by atoms with Gasteiger partial charge in [-0.3, -0.25) is 9.59 Å². The number of hydrogen-bond donors (Lipinski definition) is 3. The number of nitrogens with two attached hydrogens (primary N) is 1. The number of unbranched alkanes of at least 4 members (excludes halogenated alkanes) is 32. The average Bonchev–Trinajstić information content (AvgIpc) is 3.16. The first kappa shape index (κ1) is 52.6. The van der Waals surface area contributed by atoms with E-state index in [1.165, 1.54) is 205 Å². The van der Waals surface area contributed by atoms with E-state index in [2.05, 4.69) is 24.4 Å². The minimum absolute atomic E-state index is 0.00520. The van der Waals surface area contributed by atoms with E-state index in [1.54, 1.807) is 0 Å². The summed E-state index contributed by atoms with van der Waals surface area (Å²) in [5.74, 6) is -0.660. The Balaban J connectivity index is 3.31. The largest absolute Gasteiger partial charge is 0.481 e. The molecule has 0 aromatic carbocycles. The lowest BCUT2D eigenvalue weighted by atomic mass is 10.0. The minimum atomic E-state index is -0.665. The fraction of sp³-hybridized carbons (Fsp3) is 0.917. The van der Waals surface area contributed by atoms with Crippen molar-refractivity contribution in [1.82, 2.24) is 5.32 Å². The molecular formula is C48H94N2O4. The van der Waals surface area contributed by atoms with E-state index in [-0.39, 0.29) is 5.97 Å². The number of carboxylic acids is 1. The fourth-order valence-electron chi connectivity index (χ4n) is 7.46. The summed E-state index contributed by atoms with van der Waals surface area (Å²) in [6, 6.07) is 0.476. The maximum atomic E-state index is 12.0. The van der Waals surface area contributed by atoms with Crippen LogP contribution in [-0.2, 0) is 14.3 Å². The van der Waals surface area contributed by atoms with Gasteiger partial charge in [-0.1, -0.05) is 199 Å². The second-order valence-corrected chi connectivity index (χ2v) is 16.5. The van der Waals surface area contributed by atoms with Crippen LogP contribution in [0.25, 0.3) is 0 Å². The van der Waals surface area contributed by atoms with Gasteiger partial charge in [0.05, 0.1) is 6.61 Å². The molecule has 320 valence electrons. The van der Waals surface area contributed by atoms with Gasteiger partial charge < -0.3 is 20.9 Å². The second kappa shape index (κ2) is 46.0. The smallest absolute Gasteiger partial charge is 0.305 e. The molecule has 0 amide bonds. The fourth-order valence-corrected chi connectivity index (χ4v) is 7.46. The highest BCUT2D eigenvalue weighted by Gasteiger charge is 2.06. The molecule has 1 atom stereocenters. The van der Waals surface area contributed by atoms with Crippen molar-refractivity contribution in [1.29, 1.82) is 0 Å². The van der Waals surface area contributed by atoms with Gasteiger partial charge in [0.15, 0.2) is 0 Å². The summed E-state index contributed by atoms with van der Waals surface area (Å²) >= 11 is 0. The van der Waals surface area contributed by atoms with E-state index in [0.29, 0.717) is 25.5 Å². The van der Waals surface area contributed by atoms with E-state index in [0.717, 1.165) is 45.2 Å². The molecule has 0 heterocycles. The van der Waals surface area contributed by atoms with Gasteiger partial charge in [-0.15, -0.1) is 0 Å². The van der Waals surface area contributed by atoms with Crippen LogP contribution >= 0.6 is 0 Å². The van der Waals surface area contributed by atoms with Crippen LogP contribution in [0.3, 0.4) is 0 Å². The topological polar surface area (TPSA) is 102 Å².